The van der Waals surface area contributed by atoms with Gasteiger partial charge in [0.1, 0.15) is 5.69 Å². The Bertz CT molecular complexity index is 1000. The number of para-hydroxylation sites is 1. The van der Waals surface area contributed by atoms with E-state index >= 15 is 0 Å². The van der Waals surface area contributed by atoms with Crippen LogP contribution in [0.3, 0.4) is 0 Å². The summed E-state index contributed by atoms with van der Waals surface area (Å²) in [6.45, 7) is 0. The van der Waals surface area contributed by atoms with E-state index in [1.54, 1.807) is 0 Å². The molecule has 0 N–H and O–H groups in total. The fourth-order valence-electron chi connectivity index (χ4n) is 3.41. The third-order valence-electron chi connectivity index (χ3n) is 4.28. The maximum absolute atomic E-state index is 4.64. The topological polar surface area (TPSA) is 28.8 Å². The number of hydrogen-bond donors (Lipinski definition) is 0. The van der Waals surface area contributed by atoms with Crippen LogP contribution in [-0.2, 0) is 0 Å². The van der Waals surface area contributed by atoms with Crippen molar-refractivity contribution in [3.05, 3.63) is 77.3 Å². The number of aromatic nitrogens is 2. The van der Waals surface area contributed by atoms with Crippen LogP contribution in [0.4, 0.5) is 5.69 Å². The van der Waals surface area contributed by atoms with Gasteiger partial charge in [0.2, 0.25) is 17.1 Å². The number of nitrogens with zero attached hydrogens (tertiary/aromatic N) is 3. The lowest BCUT2D eigenvalue weighted by Gasteiger charge is -2.20. The molecule has 4 heterocycles. The molecule has 1 aromatic carbocycles. The Morgan fingerprint density at radius 2 is 1.86 bits per heavy atom. The zero-order valence-corrected chi connectivity index (χ0v) is 11.3. The molecule has 3 heteroatoms. The summed E-state index contributed by atoms with van der Waals surface area (Å²) in [6, 6.07) is 14.9. The van der Waals surface area contributed by atoms with Crippen LogP contribution in [0.15, 0.2) is 61.1 Å². The van der Waals surface area contributed by atoms with Crippen LogP contribution < -0.4 is 15.2 Å². The van der Waals surface area contributed by atoms with Crippen molar-refractivity contribution in [2.24, 2.45) is 0 Å². The highest BCUT2D eigenvalue weighted by Gasteiger charge is 2.38. The molecule has 3 aromatic rings. The Labute approximate surface area is 121 Å². The van der Waals surface area contributed by atoms with Crippen molar-refractivity contribution < 1.29 is 0 Å². The maximum Gasteiger partial charge on any atom is 0.221 e. The van der Waals surface area contributed by atoms with Gasteiger partial charge < -0.3 is 0 Å². The second kappa shape index (κ2) is 3.85. The van der Waals surface area contributed by atoms with E-state index in [4.69, 9.17) is 0 Å². The molecule has 1 atom stereocenters. The molecule has 5 rings (SSSR count). The monoisotopic (exact) mass is 270 g/mol. The predicted octanol–water partition coefficient (Wildman–Crippen LogP) is 1.82. The van der Waals surface area contributed by atoms with E-state index in [0.717, 1.165) is 11.3 Å². The Morgan fingerprint density at radius 1 is 0.905 bits per heavy atom. The molecule has 2 aromatic heterocycles. The lowest BCUT2D eigenvalue weighted by Crippen LogP contribution is -2.33. The number of pyridine rings is 2. The minimum atomic E-state index is 0.175. The minimum absolute atomic E-state index is 0.175. The lowest BCUT2D eigenvalue weighted by atomic mass is 9.95. The summed E-state index contributed by atoms with van der Waals surface area (Å²) in [7, 11) is 0. The molecule has 1 unspecified atom stereocenters. The summed E-state index contributed by atoms with van der Waals surface area (Å²) in [5.41, 5.74) is 4.65. The van der Waals surface area contributed by atoms with Crippen molar-refractivity contribution in [2.75, 3.05) is 0 Å². The molecule has 0 amide bonds. The Kier molecular flexibility index (Phi) is 2.00. The van der Waals surface area contributed by atoms with Crippen LogP contribution >= 0.6 is 0 Å². The summed E-state index contributed by atoms with van der Waals surface area (Å²) >= 11 is 0. The number of hydrogen-bond acceptors (Lipinski definition) is 2. The third-order valence-corrected chi connectivity index (χ3v) is 4.28. The first kappa shape index (κ1) is 10.9. The SMILES string of the molecule is C1=c2ccccc2=[N+]2c3ccncc3-c3cccnc3C12. The van der Waals surface area contributed by atoms with Gasteiger partial charge in [-0.1, -0.05) is 18.2 Å². The number of rotatable bonds is 0. The second-order valence-corrected chi connectivity index (χ2v) is 5.37. The van der Waals surface area contributed by atoms with Gasteiger partial charge in [-0.15, -0.1) is 0 Å². The van der Waals surface area contributed by atoms with Gasteiger partial charge in [-0.3, -0.25) is 9.97 Å². The summed E-state index contributed by atoms with van der Waals surface area (Å²) in [5.74, 6) is 0. The molecule has 3 nitrogen and oxygen atoms in total. The standard InChI is InChI=1S/C18H12N3/c1-2-6-15-12(4-1)10-17-18-13(5-3-8-20-18)14-11-19-9-7-16(14)21(15)17/h1-11,17H/q+1. The Hall–Kier alpha value is -2.81. The fraction of sp³-hybridized carbons (Fsp3) is 0.0556. The van der Waals surface area contributed by atoms with Gasteiger partial charge in [0.05, 0.1) is 5.56 Å². The molecule has 0 saturated carbocycles. The van der Waals surface area contributed by atoms with Crippen molar-refractivity contribution >= 4 is 11.8 Å². The third kappa shape index (κ3) is 1.35. The minimum Gasteiger partial charge on any atom is -0.264 e. The number of benzene rings is 1. The van der Waals surface area contributed by atoms with E-state index in [1.165, 1.54) is 21.8 Å². The van der Waals surface area contributed by atoms with Crippen molar-refractivity contribution in [3.8, 4) is 11.1 Å². The molecule has 0 aliphatic carbocycles. The number of fused-ring (bicyclic) bond motifs is 7. The van der Waals surface area contributed by atoms with Gasteiger partial charge in [-0.25, -0.2) is 0 Å². The highest BCUT2D eigenvalue weighted by atomic mass is 15.1. The van der Waals surface area contributed by atoms with E-state index < -0.39 is 0 Å². The van der Waals surface area contributed by atoms with Gasteiger partial charge in [-0.05, 0) is 12.1 Å². The first-order chi connectivity index (χ1) is 10.4. The van der Waals surface area contributed by atoms with E-state index in [9.17, 15) is 0 Å². The van der Waals surface area contributed by atoms with Crippen LogP contribution in [0.1, 0.15) is 11.7 Å². The maximum atomic E-state index is 4.64. The molecule has 0 saturated heterocycles. The molecule has 2 aliphatic heterocycles. The van der Waals surface area contributed by atoms with E-state index in [1.807, 2.05) is 24.7 Å². The van der Waals surface area contributed by atoms with E-state index in [2.05, 4.69) is 57.0 Å². The molecule has 21 heavy (non-hydrogen) atoms. The van der Waals surface area contributed by atoms with Crippen molar-refractivity contribution in [3.63, 3.8) is 0 Å². The van der Waals surface area contributed by atoms with Gasteiger partial charge in [0.15, 0.2) is 0 Å². The first-order valence-corrected chi connectivity index (χ1v) is 7.06. The summed E-state index contributed by atoms with van der Waals surface area (Å²) in [5, 5.41) is 2.51. The van der Waals surface area contributed by atoms with Crippen molar-refractivity contribution in [1.82, 2.24) is 14.5 Å². The molecule has 98 valence electrons. The highest BCUT2D eigenvalue weighted by molar-refractivity contribution is 5.81. The quantitative estimate of drug-likeness (QED) is 0.583. The van der Waals surface area contributed by atoms with Crippen LogP contribution in [0.25, 0.3) is 17.2 Å². The van der Waals surface area contributed by atoms with Crippen LogP contribution in [0, 0.1) is 0 Å². The summed E-state index contributed by atoms with van der Waals surface area (Å²) in [6.07, 6.45) is 7.96. The van der Waals surface area contributed by atoms with Crippen LogP contribution in [0.5, 0.6) is 0 Å². The normalized spacial score (nSPS) is 17.3. The lowest BCUT2D eigenvalue weighted by molar-refractivity contribution is 0.662. The van der Waals surface area contributed by atoms with Gasteiger partial charge in [-0.2, -0.15) is 4.58 Å². The molecule has 0 spiro atoms. The molecule has 0 radical (unpaired) electrons. The zero-order valence-electron chi connectivity index (χ0n) is 11.3. The first-order valence-electron chi connectivity index (χ1n) is 7.06. The highest BCUT2D eigenvalue weighted by Crippen LogP contribution is 2.41. The van der Waals surface area contributed by atoms with E-state index in [0.29, 0.717) is 0 Å². The Morgan fingerprint density at radius 3 is 2.86 bits per heavy atom. The van der Waals surface area contributed by atoms with Gasteiger partial charge >= 0.3 is 0 Å². The molecular weight excluding hydrogens is 258 g/mol. The zero-order chi connectivity index (χ0) is 13.8. The summed E-state index contributed by atoms with van der Waals surface area (Å²) < 4.78 is 2.36. The predicted molar refractivity (Wildman–Crippen MR) is 81.3 cm³/mol. The smallest absolute Gasteiger partial charge is 0.221 e. The van der Waals surface area contributed by atoms with Crippen molar-refractivity contribution in [1.29, 1.82) is 0 Å². The van der Waals surface area contributed by atoms with Crippen molar-refractivity contribution in [2.45, 2.75) is 6.04 Å². The van der Waals surface area contributed by atoms with Crippen LogP contribution in [-0.4, -0.2) is 9.97 Å². The Balaban J connectivity index is 2.01. The average Bonchev–Trinajstić information content (AvgIpc) is 2.95. The van der Waals surface area contributed by atoms with E-state index in [-0.39, 0.29) is 6.04 Å². The fourth-order valence-corrected chi connectivity index (χ4v) is 3.41. The molecule has 0 bridgehead atoms. The molecular formula is C18H12N3+. The van der Waals surface area contributed by atoms with Gasteiger partial charge in [0, 0.05) is 47.6 Å². The largest absolute Gasteiger partial charge is 0.264 e. The summed E-state index contributed by atoms with van der Waals surface area (Å²) in [4.78, 5) is 8.95. The second-order valence-electron chi connectivity index (χ2n) is 5.37. The molecule has 2 aliphatic rings. The molecule has 0 fully saturated rings. The van der Waals surface area contributed by atoms with Crippen LogP contribution in [0.2, 0.25) is 0 Å². The average molecular weight is 270 g/mol. The van der Waals surface area contributed by atoms with Gasteiger partial charge in [0.25, 0.3) is 0 Å².